The Bertz CT molecular complexity index is 763. The van der Waals surface area contributed by atoms with Crippen LogP contribution in [0.1, 0.15) is 53.4 Å². The van der Waals surface area contributed by atoms with Crippen LogP contribution in [0.4, 0.5) is 0 Å². The zero-order chi connectivity index (χ0) is 19.8. The summed E-state index contributed by atoms with van der Waals surface area (Å²) in [6.07, 6.45) is 3.30. The number of rotatable bonds is 5. The lowest BCUT2D eigenvalue weighted by atomic mass is 9.73. The van der Waals surface area contributed by atoms with Gasteiger partial charge in [-0.1, -0.05) is 31.5 Å². The van der Waals surface area contributed by atoms with Crippen LogP contribution in [-0.4, -0.2) is 31.7 Å². The van der Waals surface area contributed by atoms with Gasteiger partial charge >= 0.3 is 0 Å². The van der Waals surface area contributed by atoms with Crippen molar-refractivity contribution in [2.75, 3.05) is 5.75 Å². The SMILES string of the molecule is CCC1CC2C(CS(=O)(=O)c3ccccc3)C(=O)CCC2[C@H]1OC(C)(C)C. The van der Waals surface area contributed by atoms with Gasteiger partial charge in [0.15, 0.2) is 9.84 Å². The maximum atomic E-state index is 12.9. The highest BCUT2D eigenvalue weighted by atomic mass is 32.2. The lowest BCUT2D eigenvalue weighted by molar-refractivity contribution is -0.131. The summed E-state index contributed by atoms with van der Waals surface area (Å²) in [5.41, 5.74) is -0.236. The number of ether oxygens (including phenoxy) is 1. The Hall–Kier alpha value is -1.20. The second kappa shape index (κ2) is 7.67. The minimum absolute atomic E-state index is 0.0737. The number of ketones is 1. The van der Waals surface area contributed by atoms with Crippen molar-refractivity contribution in [1.29, 1.82) is 0 Å². The Labute approximate surface area is 163 Å². The molecule has 0 radical (unpaired) electrons. The van der Waals surface area contributed by atoms with E-state index in [2.05, 4.69) is 27.7 Å². The molecule has 3 rings (SSSR count). The number of carbonyl (C=O) groups is 1. The van der Waals surface area contributed by atoms with Crippen molar-refractivity contribution in [3.63, 3.8) is 0 Å². The van der Waals surface area contributed by atoms with Gasteiger partial charge in [0.2, 0.25) is 0 Å². The highest BCUT2D eigenvalue weighted by Gasteiger charge is 2.52. The molecule has 4 nitrogen and oxygen atoms in total. The first-order valence-electron chi connectivity index (χ1n) is 10.1. The van der Waals surface area contributed by atoms with Crippen LogP contribution in [-0.2, 0) is 19.4 Å². The van der Waals surface area contributed by atoms with E-state index in [0.29, 0.717) is 17.2 Å². The van der Waals surface area contributed by atoms with E-state index in [4.69, 9.17) is 4.74 Å². The molecular weight excluding hydrogens is 360 g/mol. The van der Waals surface area contributed by atoms with Crippen LogP contribution in [0.15, 0.2) is 35.2 Å². The Morgan fingerprint density at radius 3 is 2.37 bits per heavy atom. The topological polar surface area (TPSA) is 60.4 Å². The summed E-state index contributed by atoms with van der Waals surface area (Å²) in [4.78, 5) is 13.0. The van der Waals surface area contributed by atoms with Gasteiger partial charge in [0.1, 0.15) is 5.78 Å². The normalized spacial score (nSPS) is 31.7. The molecule has 2 saturated carbocycles. The number of hydrogen-bond acceptors (Lipinski definition) is 4. The van der Waals surface area contributed by atoms with Crippen molar-refractivity contribution in [1.82, 2.24) is 0 Å². The van der Waals surface area contributed by atoms with Gasteiger partial charge in [-0.15, -0.1) is 0 Å². The number of fused-ring (bicyclic) bond motifs is 1. The second-order valence-corrected chi connectivity index (χ2v) is 11.2. The maximum absolute atomic E-state index is 12.9. The van der Waals surface area contributed by atoms with Crippen molar-refractivity contribution in [3.8, 4) is 0 Å². The van der Waals surface area contributed by atoms with E-state index in [1.807, 2.05) is 0 Å². The molecule has 27 heavy (non-hydrogen) atoms. The van der Waals surface area contributed by atoms with Gasteiger partial charge < -0.3 is 4.74 Å². The Morgan fingerprint density at radius 1 is 1.11 bits per heavy atom. The monoisotopic (exact) mass is 392 g/mol. The van der Waals surface area contributed by atoms with Crippen LogP contribution in [0.3, 0.4) is 0 Å². The molecule has 0 aromatic heterocycles. The fraction of sp³-hybridized carbons (Fsp3) is 0.682. The highest BCUT2D eigenvalue weighted by molar-refractivity contribution is 7.91. The quantitative estimate of drug-likeness (QED) is 0.750. The molecule has 1 aromatic rings. The van der Waals surface area contributed by atoms with Gasteiger partial charge in [0, 0.05) is 12.3 Å². The molecule has 4 unspecified atom stereocenters. The zero-order valence-corrected chi connectivity index (χ0v) is 17.7. The van der Waals surface area contributed by atoms with E-state index in [0.717, 1.165) is 19.3 Å². The van der Waals surface area contributed by atoms with E-state index in [9.17, 15) is 13.2 Å². The van der Waals surface area contributed by atoms with E-state index in [1.54, 1.807) is 30.3 Å². The molecule has 0 spiro atoms. The first-order valence-corrected chi connectivity index (χ1v) is 11.8. The number of sulfone groups is 1. The van der Waals surface area contributed by atoms with Crippen LogP contribution >= 0.6 is 0 Å². The smallest absolute Gasteiger partial charge is 0.179 e. The van der Waals surface area contributed by atoms with Crippen molar-refractivity contribution in [2.24, 2.45) is 23.7 Å². The average Bonchev–Trinajstić information content (AvgIpc) is 2.94. The summed E-state index contributed by atoms with van der Waals surface area (Å²) in [6.45, 7) is 8.37. The van der Waals surface area contributed by atoms with Gasteiger partial charge in [-0.3, -0.25) is 4.79 Å². The van der Waals surface area contributed by atoms with E-state index >= 15 is 0 Å². The van der Waals surface area contributed by atoms with Gasteiger partial charge in [-0.25, -0.2) is 8.42 Å². The molecule has 0 N–H and O–H groups in total. The zero-order valence-electron chi connectivity index (χ0n) is 16.9. The lowest BCUT2D eigenvalue weighted by Crippen LogP contribution is -2.41. The molecule has 5 atom stereocenters. The Kier molecular flexibility index (Phi) is 5.83. The highest BCUT2D eigenvalue weighted by Crippen LogP contribution is 2.50. The third-order valence-corrected chi connectivity index (χ3v) is 7.97. The van der Waals surface area contributed by atoms with Crippen LogP contribution < -0.4 is 0 Å². The summed E-state index contributed by atoms with van der Waals surface area (Å²) < 4.78 is 32.2. The summed E-state index contributed by atoms with van der Waals surface area (Å²) >= 11 is 0. The predicted octanol–water partition coefficient (Wildman–Crippen LogP) is 4.29. The summed E-state index contributed by atoms with van der Waals surface area (Å²) in [6, 6.07) is 8.50. The molecule has 0 bridgehead atoms. The van der Waals surface area contributed by atoms with Crippen molar-refractivity contribution >= 4 is 15.6 Å². The van der Waals surface area contributed by atoms with Crippen LogP contribution in [0.25, 0.3) is 0 Å². The molecule has 2 fully saturated rings. The lowest BCUT2D eigenvalue weighted by Gasteiger charge is -2.37. The minimum Gasteiger partial charge on any atom is -0.372 e. The third-order valence-electron chi connectivity index (χ3n) is 6.18. The first-order chi connectivity index (χ1) is 12.6. The number of benzene rings is 1. The Balaban J connectivity index is 1.85. The minimum atomic E-state index is -3.47. The van der Waals surface area contributed by atoms with Crippen LogP contribution in [0, 0.1) is 23.7 Å². The standard InChI is InChI=1S/C22H32O4S/c1-5-15-13-18-17(21(15)26-22(2,3)4)11-12-20(23)19(18)14-27(24,25)16-9-7-6-8-10-16/h6-10,15,17-19,21H,5,11-14H2,1-4H3/t15?,17?,18?,19?,21-/m0/s1. The molecule has 150 valence electrons. The fourth-order valence-electron chi connectivity index (χ4n) is 4.99. The Morgan fingerprint density at radius 2 is 1.78 bits per heavy atom. The van der Waals surface area contributed by atoms with Crippen molar-refractivity contribution in [2.45, 2.75) is 70.0 Å². The van der Waals surface area contributed by atoms with Crippen molar-refractivity contribution in [3.05, 3.63) is 30.3 Å². The van der Waals surface area contributed by atoms with E-state index < -0.39 is 15.8 Å². The summed E-state index contributed by atoms with van der Waals surface area (Å²) in [5, 5.41) is 0. The molecule has 0 heterocycles. The van der Waals surface area contributed by atoms with Gasteiger partial charge in [-0.2, -0.15) is 0 Å². The van der Waals surface area contributed by atoms with Gasteiger partial charge in [0.05, 0.1) is 22.4 Å². The van der Waals surface area contributed by atoms with E-state index in [1.165, 1.54) is 0 Å². The summed E-state index contributed by atoms with van der Waals surface area (Å²) in [7, 11) is -3.47. The van der Waals surface area contributed by atoms with Crippen molar-refractivity contribution < 1.29 is 17.9 Å². The molecular formula is C22H32O4S. The maximum Gasteiger partial charge on any atom is 0.179 e. The van der Waals surface area contributed by atoms with Gasteiger partial charge in [0.25, 0.3) is 0 Å². The predicted molar refractivity (Wildman–Crippen MR) is 106 cm³/mol. The van der Waals surface area contributed by atoms with Crippen LogP contribution in [0.2, 0.25) is 0 Å². The van der Waals surface area contributed by atoms with Crippen LogP contribution in [0.5, 0.6) is 0 Å². The van der Waals surface area contributed by atoms with Gasteiger partial charge in [-0.05, 0) is 63.5 Å². The molecule has 2 aliphatic carbocycles. The van der Waals surface area contributed by atoms with E-state index in [-0.39, 0.29) is 35.1 Å². The molecule has 0 saturated heterocycles. The fourth-order valence-corrected chi connectivity index (χ4v) is 6.66. The second-order valence-electron chi connectivity index (χ2n) is 9.13. The summed E-state index contributed by atoms with van der Waals surface area (Å²) in [5.74, 6) is 0.422. The number of Topliss-reactive ketones (excluding diaryl/α,β-unsaturated/α-hetero) is 1. The average molecular weight is 393 g/mol. The molecule has 2 aliphatic rings. The molecule has 1 aromatic carbocycles. The molecule has 5 heteroatoms. The molecule has 0 aliphatic heterocycles. The third kappa shape index (κ3) is 4.45. The largest absolute Gasteiger partial charge is 0.372 e. The number of hydrogen-bond donors (Lipinski definition) is 0. The first kappa shape index (κ1) is 20.5. The molecule has 0 amide bonds. The number of carbonyl (C=O) groups excluding carboxylic acids is 1.